The molecule has 0 amide bonds. The molecule has 0 saturated heterocycles. The van der Waals surface area contributed by atoms with Gasteiger partial charge in [0.25, 0.3) is 0 Å². The molecule has 0 aromatic heterocycles. The molecule has 6 nitrogen and oxygen atoms in total. The third-order valence-corrected chi connectivity index (χ3v) is 3.38. The average molecular weight is 284 g/mol. The lowest BCUT2D eigenvalue weighted by Crippen LogP contribution is -2.18. The number of hydrogen-bond acceptors (Lipinski definition) is 5. The molecule has 0 fully saturated rings. The van der Waals surface area contributed by atoms with Gasteiger partial charge in [0.2, 0.25) is 0 Å². The van der Waals surface area contributed by atoms with Crippen molar-refractivity contribution in [3.05, 3.63) is 0 Å². The van der Waals surface area contributed by atoms with E-state index in [1.54, 1.807) is 0 Å². The number of unbranched alkanes of at least 4 members (excludes halogenated alkanes) is 5. The van der Waals surface area contributed by atoms with Crippen molar-refractivity contribution in [1.29, 1.82) is 0 Å². The zero-order chi connectivity index (χ0) is 13.9. The highest BCUT2D eigenvalue weighted by Gasteiger charge is 2.21. The molecular weight excluding hydrogens is 259 g/mol. The van der Waals surface area contributed by atoms with Gasteiger partial charge >= 0.3 is 7.82 Å². The average Bonchev–Trinajstić information content (AvgIpc) is 2.35. The summed E-state index contributed by atoms with van der Waals surface area (Å²) >= 11 is 0. The van der Waals surface area contributed by atoms with Crippen LogP contribution in [0, 0.1) is 0 Å². The summed E-state index contributed by atoms with van der Waals surface area (Å²) in [5.41, 5.74) is 0. The number of rotatable bonds is 12. The minimum absolute atomic E-state index is 0.162. The number of phosphoric ester groups is 1. The third-order valence-electron chi connectivity index (χ3n) is 2.39. The third kappa shape index (κ3) is 11.1. The van der Waals surface area contributed by atoms with Gasteiger partial charge in [0.05, 0.1) is 19.8 Å². The molecule has 0 aromatic rings. The minimum Gasteiger partial charge on any atom is -0.394 e. The molecule has 2 atom stereocenters. The Morgan fingerprint density at radius 3 is 2.33 bits per heavy atom. The number of phosphoric acid groups is 1. The van der Waals surface area contributed by atoms with Crippen molar-refractivity contribution in [2.75, 3.05) is 19.8 Å². The van der Waals surface area contributed by atoms with Crippen LogP contribution in [-0.4, -0.2) is 41.0 Å². The summed E-state index contributed by atoms with van der Waals surface area (Å²) in [6.45, 7) is 1.37. The number of hydrogen-bond donors (Lipinski definition) is 3. The number of aliphatic hydroxyl groups excluding tert-OH is 2. The summed E-state index contributed by atoms with van der Waals surface area (Å²) in [7, 11) is -4.09. The van der Waals surface area contributed by atoms with E-state index in [4.69, 9.17) is 14.7 Å². The highest BCUT2D eigenvalue weighted by atomic mass is 31.2. The van der Waals surface area contributed by atoms with E-state index in [2.05, 4.69) is 11.4 Å². The predicted octanol–water partition coefficient (Wildman–Crippen LogP) is 1.83. The second-order valence-electron chi connectivity index (χ2n) is 4.20. The van der Waals surface area contributed by atoms with Gasteiger partial charge in [-0.05, 0) is 6.42 Å². The Hall–Kier alpha value is 0.0300. The molecule has 0 saturated carbocycles. The van der Waals surface area contributed by atoms with Crippen LogP contribution in [-0.2, 0) is 13.6 Å². The van der Waals surface area contributed by atoms with Crippen molar-refractivity contribution in [2.24, 2.45) is 0 Å². The second-order valence-corrected chi connectivity index (χ2v) is 5.66. The Balaban J connectivity index is 3.49. The Morgan fingerprint density at radius 1 is 1.11 bits per heavy atom. The predicted molar refractivity (Wildman–Crippen MR) is 68.2 cm³/mol. The van der Waals surface area contributed by atoms with E-state index >= 15 is 0 Å². The van der Waals surface area contributed by atoms with Crippen molar-refractivity contribution >= 4 is 7.82 Å². The maximum atomic E-state index is 11.3. The van der Waals surface area contributed by atoms with E-state index in [-0.39, 0.29) is 6.61 Å². The van der Waals surface area contributed by atoms with Gasteiger partial charge in [0.15, 0.2) is 0 Å². The summed E-state index contributed by atoms with van der Waals surface area (Å²) < 4.78 is 20.5. The number of aliphatic hydroxyl groups is 2. The largest absolute Gasteiger partial charge is 0.472 e. The normalized spacial score (nSPS) is 16.4. The van der Waals surface area contributed by atoms with Gasteiger partial charge in [-0.25, -0.2) is 4.57 Å². The fourth-order valence-corrected chi connectivity index (χ4v) is 2.13. The Morgan fingerprint density at radius 2 is 1.72 bits per heavy atom. The topological polar surface area (TPSA) is 96.2 Å². The Bertz CT molecular complexity index is 236. The first kappa shape index (κ1) is 18.0. The summed E-state index contributed by atoms with van der Waals surface area (Å²) in [6, 6.07) is 0. The SMILES string of the molecule is CCCCCCCCOP(=O)(O)OCC(O)CO. The molecule has 0 aliphatic rings. The summed E-state index contributed by atoms with van der Waals surface area (Å²) in [5.74, 6) is 0. The van der Waals surface area contributed by atoms with Crippen molar-refractivity contribution in [1.82, 2.24) is 0 Å². The first-order valence-corrected chi connectivity index (χ1v) is 7.92. The molecule has 0 heterocycles. The highest BCUT2D eigenvalue weighted by Crippen LogP contribution is 2.43. The van der Waals surface area contributed by atoms with Crippen LogP contribution in [0.1, 0.15) is 45.4 Å². The lowest BCUT2D eigenvalue weighted by Gasteiger charge is -2.13. The van der Waals surface area contributed by atoms with Gasteiger partial charge in [-0.1, -0.05) is 39.0 Å². The van der Waals surface area contributed by atoms with Crippen LogP contribution < -0.4 is 0 Å². The summed E-state index contributed by atoms with van der Waals surface area (Å²) in [6.07, 6.45) is 5.16. The van der Waals surface area contributed by atoms with Gasteiger partial charge < -0.3 is 15.1 Å². The summed E-state index contributed by atoms with van der Waals surface area (Å²) in [5, 5.41) is 17.5. The van der Waals surface area contributed by atoms with Crippen LogP contribution in [0.15, 0.2) is 0 Å². The summed E-state index contributed by atoms with van der Waals surface area (Å²) in [4.78, 5) is 9.22. The van der Waals surface area contributed by atoms with E-state index in [1.165, 1.54) is 19.3 Å². The van der Waals surface area contributed by atoms with E-state index in [0.717, 1.165) is 12.8 Å². The van der Waals surface area contributed by atoms with Crippen molar-refractivity contribution in [2.45, 2.75) is 51.6 Å². The van der Waals surface area contributed by atoms with Crippen molar-refractivity contribution in [3.8, 4) is 0 Å². The molecule has 0 aliphatic carbocycles. The van der Waals surface area contributed by atoms with Gasteiger partial charge in [-0.2, -0.15) is 0 Å². The van der Waals surface area contributed by atoms with Crippen LogP contribution in [0.5, 0.6) is 0 Å². The van der Waals surface area contributed by atoms with Crippen LogP contribution in [0.4, 0.5) is 0 Å². The quantitative estimate of drug-likeness (QED) is 0.374. The minimum atomic E-state index is -4.09. The Labute approximate surface area is 109 Å². The van der Waals surface area contributed by atoms with Gasteiger partial charge in [0.1, 0.15) is 6.10 Å². The molecule has 0 spiro atoms. The van der Waals surface area contributed by atoms with E-state index in [0.29, 0.717) is 6.42 Å². The molecule has 0 rings (SSSR count). The maximum Gasteiger partial charge on any atom is 0.472 e. The van der Waals surface area contributed by atoms with Crippen LogP contribution >= 0.6 is 7.82 Å². The molecular formula is C11H25O6P. The first-order chi connectivity index (χ1) is 8.52. The van der Waals surface area contributed by atoms with Crippen molar-refractivity contribution in [3.63, 3.8) is 0 Å². The van der Waals surface area contributed by atoms with E-state index in [9.17, 15) is 9.46 Å². The smallest absolute Gasteiger partial charge is 0.394 e. The molecule has 0 radical (unpaired) electrons. The van der Waals surface area contributed by atoms with Crippen LogP contribution in [0.25, 0.3) is 0 Å². The van der Waals surface area contributed by atoms with E-state index in [1.807, 2.05) is 0 Å². The molecule has 18 heavy (non-hydrogen) atoms. The standard InChI is InChI=1S/C11H25O6P/c1-2-3-4-5-6-7-8-16-18(14,15)17-10-11(13)9-12/h11-13H,2-10H2,1H3,(H,14,15). The van der Waals surface area contributed by atoms with Crippen LogP contribution in [0.3, 0.4) is 0 Å². The van der Waals surface area contributed by atoms with Gasteiger partial charge in [-0.15, -0.1) is 0 Å². The fourth-order valence-electron chi connectivity index (χ4n) is 1.33. The molecule has 0 aliphatic heterocycles. The molecule has 0 bridgehead atoms. The molecule has 110 valence electrons. The van der Waals surface area contributed by atoms with Gasteiger partial charge in [0, 0.05) is 0 Å². The highest BCUT2D eigenvalue weighted by molar-refractivity contribution is 7.47. The lowest BCUT2D eigenvalue weighted by molar-refractivity contribution is 0.0361. The maximum absolute atomic E-state index is 11.3. The zero-order valence-corrected chi connectivity index (χ0v) is 11.8. The lowest BCUT2D eigenvalue weighted by atomic mass is 10.1. The van der Waals surface area contributed by atoms with Crippen LogP contribution in [0.2, 0.25) is 0 Å². The molecule has 7 heteroatoms. The first-order valence-electron chi connectivity index (χ1n) is 6.42. The fraction of sp³-hybridized carbons (Fsp3) is 1.00. The van der Waals surface area contributed by atoms with Crippen molar-refractivity contribution < 1.29 is 28.7 Å². The molecule has 3 N–H and O–H groups in total. The second kappa shape index (κ2) is 10.9. The van der Waals surface area contributed by atoms with Gasteiger partial charge in [-0.3, -0.25) is 9.05 Å². The van der Waals surface area contributed by atoms with E-state index < -0.39 is 27.1 Å². The Kier molecular flexibility index (Phi) is 10.9. The monoisotopic (exact) mass is 284 g/mol. The zero-order valence-electron chi connectivity index (χ0n) is 11.0. The molecule has 0 aromatic carbocycles. The molecule has 2 unspecified atom stereocenters.